The van der Waals surface area contributed by atoms with E-state index in [0.29, 0.717) is 22.8 Å². The number of primary amides is 1. The molecule has 2 aromatic heterocycles. The predicted molar refractivity (Wildman–Crippen MR) is 90.1 cm³/mol. The number of hydrogen-bond acceptors (Lipinski definition) is 6. The number of carbonyl (C=O) groups excluding carboxylic acids is 1. The van der Waals surface area contributed by atoms with Gasteiger partial charge in [0, 0.05) is 24.2 Å². The van der Waals surface area contributed by atoms with Crippen molar-refractivity contribution in [3.8, 4) is 17.1 Å². The van der Waals surface area contributed by atoms with E-state index < -0.39 is 17.8 Å². The molecular weight excluding hydrogens is 379 g/mol. The average Bonchev–Trinajstić information content (AvgIpc) is 3.25. The van der Waals surface area contributed by atoms with E-state index in [1.807, 2.05) is 0 Å². The fourth-order valence-electron chi connectivity index (χ4n) is 2.40. The molecule has 3 rings (SSSR count). The van der Waals surface area contributed by atoms with Crippen LogP contribution in [0.1, 0.15) is 17.3 Å². The summed E-state index contributed by atoms with van der Waals surface area (Å²) in [5.41, 5.74) is 5.11. The Hall–Kier alpha value is -3.37. The SMILES string of the molecule is Cc1cc(C(F)(F)F)nn1CCc1nc(-c2ccc(OCC(N)=O)cc2)no1. The van der Waals surface area contributed by atoms with Crippen molar-refractivity contribution in [3.05, 3.63) is 47.6 Å². The lowest BCUT2D eigenvalue weighted by molar-refractivity contribution is -0.141. The first-order chi connectivity index (χ1) is 13.2. The second kappa shape index (κ2) is 7.71. The summed E-state index contributed by atoms with van der Waals surface area (Å²) in [4.78, 5) is 14.9. The molecule has 0 radical (unpaired) electrons. The van der Waals surface area contributed by atoms with E-state index >= 15 is 0 Å². The van der Waals surface area contributed by atoms with E-state index in [1.54, 1.807) is 31.2 Å². The number of alkyl halides is 3. The first-order valence-electron chi connectivity index (χ1n) is 8.18. The Bertz CT molecular complexity index is 963. The van der Waals surface area contributed by atoms with E-state index in [9.17, 15) is 18.0 Å². The maximum absolute atomic E-state index is 12.7. The molecule has 0 fully saturated rings. The number of carbonyl (C=O) groups is 1. The largest absolute Gasteiger partial charge is 0.484 e. The molecule has 1 aromatic carbocycles. The smallest absolute Gasteiger partial charge is 0.435 e. The Morgan fingerprint density at radius 3 is 2.61 bits per heavy atom. The molecule has 0 atom stereocenters. The van der Waals surface area contributed by atoms with Gasteiger partial charge in [-0.2, -0.15) is 23.3 Å². The van der Waals surface area contributed by atoms with Crippen LogP contribution in [0.2, 0.25) is 0 Å². The van der Waals surface area contributed by atoms with Gasteiger partial charge in [-0.1, -0.05) is 5.16 Å². The van der Waals surface area contributed by atoms with E-state index in [0.717, 1.165) is 6.07 Å². The van der Waals surface area contributed by atoms with Crippen molar-refractivity contribution in [3.63, 3.8) is 0 Å². The van der Waals surface area contributed by atoms with Gasteiger partial charge in [-0.15, -0.1) is 0 Å². The molecule has 28 heavy (non-hydrogen) atoms. The summed E-state index contributed by atoms with van der Waals surface area (Å²) < 4.78 is 49.7. The van der Waals surface area contributed by atoms with E-state index in [4.69, 9.17) is 15.0 Å². The number of amides is 1. The lowest BCUT2D eigenvalue weighted by atomic mass is 10.2. The molecule has 0 saturated heterocycles. The number of halogens is 3. The van der Waals surface area contributed by atoms with Gasteiger partial charge >= 0.3 is 6.18 Å². The molecule has 0 spiro atoms. The van der Waals surface area contributed by atoms with Crippen molar-refractivity contribution < 1.29 is 27.2 Å². The third kappa shape index (κ3) is 4.67. The van der Waals surface area contributed by atoms with Gasteiger partial charge in [-0.3, -0.25) is 9.48 Å². The zero-order chi connectivity index (χ0) is 20.3. The van der Waals surface area contributed by atoms with Gasteiger partial charge in [0.05, 0.1) is 0 Å². The molecule has 3 aromatic rings. The van der Waals surface area contributed by atoms with Crippen molar-refractivity contribution in [2.45, 2.75) is 26.1 Å². The fraction of sp³-hybridized carbons (Fsp3) is 0.294. The quantitative estimate of drug-likeness (QED) is 0.658. The molecule has 8 nitrogen and oxygen atoms in total. The van der Waals surface area contributed by atoms with Gasteiger partial charge in [0.1, 0.15) is 5.75 Å². The normalized spacial score (nSPS) is 11.6. The van der Waals surface area contributed by atoms with Gasteiger partial charge in [0.2, 0.25) is 11.7 Å². The summed E-state index contributed by atoms with van der Waals surface area (Å²) in [5.74, 6) is 0.472. The van der Waals surface area contributed by atoms with Crippen LogP contribution < -0.4 is 10.5 Å². The summed E-state index contributed by atoms with van der Waals surface area (Å²) in [7, 11) is 0. The minimum absolute atomic E-state index is 0.170. The van der Waals surface area contributed by atoms with Gasteiger partial charge in [-0.05, 0) is 37.3 Å². The number of aromatic nitrogens is 4. The van der Waals surface area contributed by atoms with Crippen LogP contribution in [0.25, 0.3) is 11.4 Å². The zero-order valence-electron chi connectivity index (χ0n) is 14.7. The first kappa shape index (κ1) is 19.4. The molecule has 0 aliphatic heterocycles. The Morgan fingerprint density at radius 1 is 1.29 bits per heavy atom. The number of ether oxygens (including phenoxy) is 1. The first-order valence-corrected chi connectivity index (χ1v) is 8.18. The van der Waals surface area contributed by atoms with Crippen LogP contribution in [0, 0.1) is 6.92 Å². The van der Waals surface area contributed by atoms with Crippen LogP contribution in [-0.2, 0) is 23.9 Å². The highest BCUT2D eigenvalue weighted by molar-refractivity contribution is 5.75. The molecule has 2 heterocycles. The lowest BCUT2D eigenvalue weighted by Crippen LogP contribution is -2.19. The minimum atomic E-state index is -4.49. The summed E-state index contributed by atoms with van der Waals surface area (Å²) >= 11 is 0. The second-order valence-corrected chi connectivity index (χ2v) is 5.93. The topological polar surface area (TPSA) is 109 Å². The van der Waals surface area contributed by atoms with E-state index in [2.05, 4.69) is 15.2 Å². The second-order valence-electron chi connectivity index (χ2n) is 5.93. The lowest BCUT2D eigenvalue weighted by Gasteiger charge is -2.03. The van der Waals surface area contributed by atoms with Crippen LogP contribution in [0.15, 0.2) is 34.9 Å². The van der Waals surface area contributed by atoms with Crippen molar-refractivity contribution in [1.82, 2.24) is 19.9 Å². The van der Waals surface area contributed by atoms with Gasteiger partial charge in [0.25, 0.3) is 5.91 Å². The standard InChI is InChI=1S/C17H16F3N5O3/c1-10-8-13(17(18,19)20)23-25(10)7-6-15-22-16(24-28-15)11-2-4-12(5-3-11)27-9-14(21)26/h2-5,8H,6-7,9H2,1H3,(H2,21,26). The zero-order valence-corrected chi connectivity index (χ0v) is 14.7. The van der Waals surface area contributed by atoms with E-state index in [-0.39, 0.29) is 25.5 Å². The summed E-state index contributed by atoms with van der Waals surface area (Å²) in [6.07, 6.45) is -4.26. The number of nitrogens with two attached hydrogens (primary N) is 1. The van der Waals surface area contributed by atoms with Crippen molar-refractivity contribution >= 4 is 5.91 Å². The highest BCUT2D eigenvalue weighted by Gasteiger charge is 2.34. The number of benzene rings is 1. The van der Waals surface area contributed by atoms with Gasteiger partial charge in [-0.25, -0.2) is 0 Å². The summed E-state index contributed by atoms with van der Waals surface area (Å²) in [5, 5.41) is 7.41. The number of aryl methyl sites for hydroxylation is 3. The molecular formula is C17H16F3N5O3. The Kier molecular flexibility index (Phi) is 5.34. The van der Waals surface area contributed by atoms with Crippen LogP contribution in [0.4, 0.5) is 13.2 Å². The Labute approximate surface area is 157 Å². The number of hydrogen-bond donors (Lipinski definition) is 1. The average molecular weight is 395 g/mol. The molecule has 0 bridgehead atoms. The minimum Gasteiger partial charge on any atom is -0.484 e. The monoisotopic (exact) mass is 395 g/mol. The maximum atomic E-state index is 12.7. The van der Waals surface area contributed by atoms with Crippen LogP contribution >= 0.6 is 0 Å². The predicted octanol–water partition coefficient (Wildman–Crippen LogP) is 2.37. The van der Waals surface area contributed by atoms with Crippen LogP contribution in [0.3, 0.4) is 0 Å². The summed E-state index contributed by atoms with van der Waals surface area (Å²) in [6, 6.07) is 7.59. The van der Waals surface area contributed by atoms with Gasteiger partial charge < -0.3 is 15.0 Å². The molecule has 0 aliphatic rings. The number of rotatable bonds is 7. The maximum Gasteiger partial charge on any atom is 0.435 e. The molecule has 1 amide bonds. The molecule has 0 unspecified atom stereocenters. The highest BCUT2D eigenvalue weighted by atomic mass is 19.4. The Balaban J connectivity index is 1.63. The molecule has 11 heteroatoms. The summed E-state index contributed by atoms with van der Waals surface area (Å²) in [6.45, 7) is 1.49. The Morgan fingerprint density at radius 2 is 2.00 bits per heavy atom. The molecule has 2 N–H and O–H groups in total. The molecule has 0 aliphatic carbocycles. The van der Waals surface area contributed by atoms with Crippen molar-refractivity contribution in [2.75, 3.05) is 6.61 Å². The van der Waals surface area contributed by atoms with Crippen LogP contribution in [0.5, 0.6) is 5.75 Å². The van der Waals surface area contributed by atoms with Gasteiger partial charge in [0.15, 0.2) is 12.3 Å². The molecule has 0 saturated carbocycles. The number of nitrogens with zero attached hydrogens (tertiary/aromatic N) is 4. The van der Waals surface area contributed by atoms with E-state index in [1.165, 1.54) is 4.68 Å². The molecule has 148 valence electrons. The van der Waals surface area contributed by atoms with Crippen LogP contribution in [-0.4, -0.2) is 32.4 Å². The van der Waals surface area contributed by atoms with Crippen molar-refractivity contribution in [2.24, 2.45) is 5.73 Å². The fourth-order valence-corrected chi connectivity index (χ4v) is 2.40. The van der Waals surface area contributed by atoms with Crippen molar-refractivity contribution in [1.29, 1.82) is 0 Å². The highest BCUT2D eigenvalue weighted by Crippen LogP contribution is 2.28. The third-order valence-corrected chi connectivity index (χ3v) is 3.77. The third-order valence-electron chi connectivity index (χ3n) is 3.77.